The van der Waals surface area contributed by atoms with Crippen LogP contribution in [-0.4, -0.2) is 14.5 Å². The van der Waals surface area contributed by atoms with E-state index in [0.29, 0.717) is 0 Å². The van der Waals surface area contributed by atoms with Crippen molar-refractivity contribution in [3.63, 3.8) is 0 Å². The summed E-state index contributed by atoms with van der Waals surface area (Å²) in [4.78, 5) is 14.5. The first-order valence-corrected chi connectivity index (χ1v) is 4.92. The first-order valence-electron chi connectivity index (χ1n) is 4.92. The van der Waals surface area contributed by atoms with Crippen LogP contribution in [0.15, 0.2) is 47.3 Å². The number of hydrogen-bond donors (Lipinski definition) is 0. The standard InChI is InChI=1S/C11H7N3O3/c15-14(16)10-5-6-17-11(10)13-7-12-8-3-1-2-4-9(8)13/h1-7H. The van der Waals surface area contributed by atoms with Gasteiger partial charge >= 0.3 is 5.69 Å². The van der Waals surface area contributed by atoms with Gasteiger partial charge in [-0.1, -0.05) is 12.1 Å². The molecule has 0 fully saturated rings. The first-order chi connectivity index (χ1) is 8.27. The summed E-state index contributed by atoms with van der Waals surface area (Å²) in [5.74, 6) is 0.170. The van der Waals surface area contributed by atoms with Crippen molar-refractivity contribution in [3.05, 3.63) is 53.0 Å². The van der Waals surface area contributed by atoms with E-state index in [2.05, 4.69) is 4.98 Å². The number of para-hydroxylation sites is 2. The lowest BCUT2D eigenvalue weighted by Crippen LogP contribution is -1.95. The zero-order valence-corrected chi connectivity index (χ0v) is 8.61. The molecule has 0 saturated heterocycles. The van der Waals surface area contributed by atoms with E-state index in [0.717, 1.165) is 11.0 Å². The van der Waals surface area contributed by atoms with Crippen LogP contribution in [0.2, 0.25) is 0 Å². The highest BCUT2D eigenvalue weighted by molar-refractivity contribution is 5.77. The summed E-state index contributed by atoms with van der Waals surface area (Å²) in [5, 5.41) is 10.8. The van der Waals surface area contributed by atoms with Gasteiger partial charge in [0.15, 0.2) is 0 Å². The molecular formula is C11H7N3O3. The fourth-order valence-corrected chi connectivity index (χ4v) is 1.73. The van der Waals surface area contributed by atoms with Crippen LogP contribution in [0, 0.1) is 10.1 Å². The van der Waals surface area contributed by atoms with Gasteiger partial charge < -0.3 is 4.42 Å². The number of fused-ring (bicyclic) bond motifs is 1. The maximum Gasteiger partial charge on any atom is 0.332 e. The first kappa shape index (κ1) is 9.59. The van der Waals surface area contributed by atoms with E-state index in [1.807, 2.05) is 24.3 Å². The van der Waals surface area contributed by atoms with E-state index >= 15 is 0 Å². The molecule has 0 aliphatic rings. The highest BCUT2D eigenvalue weighted by Gasteiger charge is 2.20. The van der Waals surface area contributed by atoms with Gasteiger partial charge in [-0.2, -0.15) is 0 Å². The van der Waals surface area contributed by atoms with Crippen LogP contribution in [0.1, 0.15) is 0 Å². The number of nitrogens with zero attached hydrogens (tertiary/aromatic N) is 3. The molecule has 84 valence electrons. The minimum absolute atomic E-state index is 0.0758. The molecule has 0 saturated carbocycles. The molecule has 3 rings (SSSR count). The van der Waals surface area contributed by atoms with Crippen LogP contribution in [0.5, 0.6) is 0 Å². The summed E-state index contributed by atoms with van der Waals surface area (Å²) in [5.41, 5.74) is 1.46. The highest BCUT2D eigenvalue weighted by Crippen LogP contribution is 2.26. The molecular weight excluding hydrogens is 222 g/mol. The fraction of sp³-hybridized carbons (Fsp3) is 0. The molecule has 17 heavy (non-hydrogen) atoms. The Morgan fingerprint density at radius 1 is 1.29 bits per heavy atom. The summed E-state index contributed by atoms with van der Waals surface area (Å²) in [6.07, 6.45) is 2.80. The number of nitro groups is 1. The molecule has 0 aliphatic heterocycles. The number of rotatable bonds is 2. The van der Waals surface area contributed by atoms with Crippen LogP contribution in [-0.2, 0) is 0 Å². The Balaban J connectivity index is 2.28. The molecule has 0 amide bonds. The van der Waals surface area contributed by atoms with Gasteiger partial charge in [-0.25, -0.2) is 4.98 Å². The monoisotopic (exact) mass is 229 g/mol. The van der Waals surface area contributed by atoms with Crippen molar-refractivity contribution in [3.8, 4) is 5.88 Å². The van der Waals surface area contributed by atoms with Crippen molar-refractivity contribution in [2.24, 2.45) is 0 Å². The smallest absolute Gasteiger partial charge is 0.332 e. The second-order valence-corrected chi connectivity index (χ2v) is 3.47. The summed E-state index contributed by atoms with van der Waals surface area (Å²) < 4.78 is 6.72. The number of imidazole rings is 1. The van der Waals surface area contributed by atoms with Crippen molar-refractivity contribution in [2.45, 2.75) is 0 Å². The maximum atomic E-state index is 10.8. The van der Waals surface area contributed by atoms with Crippen LogP contribution in [0.4, 0.5) is 5.69 Å². The van der Waals surface area contributed by atoms with Crippen molar-refractivity contribution >= 4 is 16.7 Å². The predicted molar refractivity (Wildman–Crippen MR) is 60.0 cm³/mol. The zero-order chi connectivity index (χ0) is 11.8. The zero-order valence-electron chi connectivity index (χ0n) is 8.61. The third-order valence-corrected chi connectivity index (χ3v) is 2.49. The van der Waals surface area contributed by atoms with Crippen LogP contribution < -0.4 is 0 Å². The van der Waals surface area contributed by atoms with Gasteiger partial charge in [0.05, 0.1) is 22.0 Å². The highest BCUT2D eigenvalue weighted by atomic mass is 16.6. The van der Waals surface area contributed by atoms with Crippen molar-refractivity contribution in [1.29, 1.82) is 0 Å². The Bertz CT molecular complexity index is 699. The van der Waals surface area contributed by atoms with E-state index in [9.17, 15) is 10.1 Å². The van der Waals surface area contributed by atoms with Gasteiger partial charge in [-0.05, 0) is 12.1 Å². The van der Waals surface area contributed by atoms with E-state index in [-0.39, 0.29) is 11.6 Å². The molecule has 1 aromatic carbocycles. The molecule has 6 nitrogen and oxygen atoms in total. The molecule has 0 spiro atoms. The second kappa shape index (κ2) is 3.44. The summed E-state index contributed by atoms with van der Waals surface area (Å²) in [7, 11) is 0. The molecule has 0 unspecified atom stereocenters. The van der Waals surface area contributed by atoms with Crippen LogP contribution >= 0.6 is 0 Å². The summed E-state index contributed by atoms with van der Waals surface area (Å²) >= 11 is 0. The fourth-order valence-electron chi connectivity index (χ4n) is 1.73. The maximum absolute atomic E-state index is 10.8. The van der Waals surface area contributed by atoms with E-state index in [4.69, 9.17) is 4.42 Å². The average molecular weight is 229 g/mol. The Labute approximate surface area is 95.3 Å². The lowest BCUT2D eigenvalue weighted by Gasteiger charge is -1.98. The molecule has 2 aromatic heterocycles. The van der Waals surface area contributed by atoms with Gasteiger partial charge in [-0.3, -0.25) is 14.7 Å². The lowest BCUT2D eigenvalue weighted by atomic mass is 10.3. The Morgan fingerprint density at radius 3 is 2.94 bits per heavy atom. The van der Waals surface area contributed by atoms with Crippen molar-refractivity contribution < 1.29 is 9.34 Å². The predicted octanol–water partition coefficient (Wildman–Crippen LogP) is 2.53. The molecule has 0 N–H and O–H groups in total. The minimum Gasteiger partial charge on any atom is -0.442 e. The van der Waals surface area contributed by atoms with Crippen molar-refractivity contribution in [2.75, 3.05) is 0 Å². The largest absolute Gasteiger partial charge is 0.442 e. The summed E-state index contributed by atoms with van der Waals surface area (Å²) in [6.45, 7) is 0. The van der Waals surface area contributed by atoms with Gasteiger partial charge in [0.2, 0.25) is 0 Å². The quantitative estimate of drug-likeness (QED) is 0.499. The Hall–Kier alpha value is -2.63. The lowest BCUT2D eigenvalue weighted by molar-refractivity contribution is -0.384. The number of hydrogen-bond acceptors (Lipinski definition) is 4. The number of benzene rings is 1. The van der Waals surface area contributed by atoms with Gasteiger partial charge in [0.1, 0.15) is 12.6 Å². The molecule has 0 radical (unpaired) electrons. The average Bonchev–Trinajstić information content (AvgIpc) is 2.94. The molecule has 2 heterocycles. The Kier molecular flexibility index (Phi) is 1.94. The minimum atomic E-state index is -0.479. The summed E-state index contributed by atoms with van der Waals surface area (Å²) in [6, 6.07) is 8.69. The number of aromatic nitrogens is 2. The normalized spacial score (nSPS) is 10.8. The van der Waals surface area contributed by atoms with Gasteiger partial charge in [0.25, 0.3) is 5.88 Å². The van der Waals surface area contributed by atoms with Crippen LogP contribution in [0.25, 0.3) is 16.9 Å². The molecule has 0 bridgehead atoms. The van der Waals surface area contributed by atoms with Gasteiger partial charge in [0, 0.05) is 0 Å². The van der Waals surface area contributed by atoms with E-state index in [1.54, 1.807) is 4.57 Å². The molecule has 0 aliphatic carbocycles. The SMILES string of the molecule is O=[N+]([O-])c1ccoc1-n1cnc2ccccc21. The molecule has 6 heteroatoms. The third-order valence-electron chi connectivity index (χ3n) is 2.49. The van der Waals surface area contributed by atoms with Crippen molar-refractivity contribution in [1.82, 2.24) is 9.55 Å². The van der Waals surface area contributed by atoms with Crippen LogP contribution in [0.3, 0.4) is 0 Å². The molecule has 3 aromatic rings. The van der Waals surface area contributed by atoms with Gasteiger partial charge in [-0.15, -0.1) is 0 Å². The van der Waals surface area contributed by atoms with E-state index < -0.39 is 4.92 Å². The third kappa shape index (κ3) is 1.38. The topological polar surface area (TPSA) is 74.1 Å². The Morgan fingerprint density at radius 2 is 2.12 bits per heavy atom. The number of furan rings is 1. The second-order valence-electron chi connectivity index (χ2n) is 3.47. The molecule has 0 atom stereocenters. The van der Waals surface area contributed by atoms with E-state index in [1.165, 1.54) is 18.7 Å².